The summed E-state index contributed by atoms with van der Waals surface area (Å²) >= 11 is 0. The van der Waals surface area contributed by atoms with E-state index in [1.54, 1.807) is 0 Å². The number of fused-ring (bicyclic) bond motifs is 1. The highest BCUT2D eigenvalue weighted by Crippen LogP contribution is 2.40. The molecule has 0 aliphatic heterocycles. The van der Waals surface area contributed by atoms with Crippen molar-refractivity contribution in [3.8, 4) is 0 Å². The Labute approximate surface area is 361 Å². The minimum Gasteiger partial charge on any atom is -0.310 e. The summed E-state index contributed by atoms with van der Waals surface area (Å²) in [4.78, 5) is 4.87. The summed E-state index contributed by atoms with van der Waals surface area (Å²) in [7, 11) is 0. The third kappa shape index (κ3) is 8.99. The largest absolute Gasteiger partial charge is 0.310 e. The van der Waals surface area contributed by atoms with Crippen LogP contribution in [0.2, 0.25) is 0 Å². The van der Waals surface area contributed by atoms with Crippen LogP contribution in [-0.2, 0) is 51.4 Å². The fourth-order valence-corrected chi connectivity index (χ4v) is 9.02. The van der Waals surface area contributed by atoms with E-state index in [0.29, 0.717) is 0 Å². The number of benzene rings is 7. The Morgan fingerprint density at radius 3 is 0.950 bits per heavy atom. The summed E-state index contributed by atoms with van der Waals surface area (Å²) in [5.41, 5.74) is 21.0. The van der Waals surface area contributed by atoms with Gasteiger partial charge >= 0.3 is 0 Å². The molecular formula is C58H64N2. The monoisotopic (exact) mass is 789 g/mol. The Morgan fingerprint density at radius 1 is 0.267 bits per heavy atom. The van der Waals surface area contributed by atoms with Gasteiger partial charge in [0, 0.05) is 34.1 Å². The lowest BCUT2D eigenvalue weighted by molar-refractivity contribution is 1.03. The minimum atomic E-state index is 1.02. The van der Waals surface area contributed by atoms with Crippen molar-refractivity contribution in [1.29, 1.82) is 0 Å². The van der Waals surface area contributed by atoms with Gasteiger partial charge in [-0.15, -0.1) is 0 Å². The predicted molar refractivity (Wildman–Crippen MR) is 264 cm³/mol. The SMILES string of the molecule is CCc1ccc(N(c2ccc(/C=C/c3ccc4cc(N(c5ccc(CC)c(CC)c5)c5ccc(CC)c(CC)c5)ccc4c3)cc2)c2ccc(CC)c(CC)c2)cc1CC. The van der Waals surface area contributed by atoms with E-state index in [1.165, 1.54) is 101 Å². The Bertz CT molecular complexity index is 2480. The van der Waals surface area contributed by atoms with Crippen LogP contribution in [0.25, 0.3) is 22.9 Å². The van der Waals surface area contributed by atoms with Gasteiger partial charge in [0.05, 0.1) is 0 Å². The van der Waals surface area contributed by atoms with Crippen LogP contribution >= 0.6 is 0 Å². The second-order valence-electron chi connectivity index (χ2n) is 16.0. The number of anilines is 6. The average molecular weight is 789 g/mol. The molecule has 0 unspecified atom stereocenters. The van der Waals surface area contributed by atoms with Crippen LogP contribution in [-0.4, -0.2) is 0 Å². The molecule has 60 heavy (non-hydrogen) atoms. The molecule has 0 bridgehead atoms. The van der Waals surface area contributed by atoms with E-state index in [2.05, 4.69) is 211 Å². The van der Waals surface area contributed by atoms with Crippen molar-refractivity contribution in [2.24, 2.45) is 0 Å². The van der Waals surface area contributed by atoms with Gasteiger partial charge in [-0.05, 0) is 197 Å². The van der Waals surface area contributed by atoms with E-state index < -0.39 is 0 Å². The van der Waals surface area contributed by atoms with E-state index in [4.69, 9.17) is 0 Å². The zero-order valence-electron chi connectivity index (χ0n) is 37.4. The molecule has 0 aromatic heterocycles. The average Bonchev–Trinajstić information content (AvgIpc) is 3.30. The Kier molecular flexibility index (Phi) is 13.7. The Balaban J connectivity index is 1.19. The van der Waals surface area contributed by atoms with Crippen LogP contribution in [0.5, 0.6) is 0 Å². The van der Waals surface area contributed by atoms with Gasteiger partial charge in [0.15, 0.2) is 0 Å². The molecule has 7 aromatic carbocycles. The summed E-state index contributed by atoms with van der Waals surface area (Å²) in [6, 6.07) is 50.9. The second-order valence-corrected chi connectivity index (χ2v) is 16.0. The van der Waals surface area contributed by atoms with Gasteiger partial charge in [-0.3, -0.25) is 0 Å². The molecule has 0 saturated heterocycles. The van der Waals surface area contributed by atoms with E-state index in [9.17, 15) is 0 Å². The van der Waals surface area contributed by atoms with E-state index in [1.807, 2.05) is 0 Å². The molecule has 0 fully saturated rings. The summed E-state index contributed by atoms with van der Waals surface area (Å²) in [6.45, 7) is 18.1. The molecule has 2 nitrogen and oxygen atoms in total. The third-order valence-electron chi connectivity index (χ3n) is 12.6. The number of rotatable bonds is 16. The van der Waals surface area contributed by atoms with Gasteiger partial charge in [0.1, 0.15) is 0 Å². The van der Waals surface area contributed by atoms with Crippen molar-refractivity contribution in [2.45, 2.75) is 107 Å². The summed E-state index contributed by atoms with van der Waals surface area (Å²) in [5, 5.41) is 2.47. The van der Waals surface area contributed by atoms with Crippen LogP contribution < -0.4 is 9.80 Å². The molecule has 0 atom stereocenters. The molecular weight excluding hydrogens is 725 g/mol. The number of hydrogen-bond acceptors (Lipinski definition) is 2. The number of nitrogens with zero attached hydrogens (tertiary/aromatic N) is 2. The maximum Gasteiger partial charge on any atom is 0.0468 e. The van der Waals surface area contributed by atoms with Gasteiger partial charge < -0.3 is 9.80 Å². The van der Waals surface area contributed by atoms with Gasteiger partial charge in [-0.1, -0.05) is 122 Å². The van der Waals surface area contributed by atoms with Crippen molar-refractivity contribution in [3.05, 3.63) is 189 Å². The van der Waals surface area contributed by atoms with Crippen LogP contribution in [0.15, 0.2) is 133 Å². The first-order valence-electron chi connectivity index (χ1n) is 22.7. The van der Waals surface area contributed by atoms with Crippen molar-refractivity contribution in [1.82, 2.24) is 0 Å². The van der Waals surface area contributed by atoms with Crippen molar-refractivity contribution in [2.75, 3.05) is 9.80 Å². The zero-order chi connectivity index (χ0) is 42.2. The van der Waals surface area contributed by atoms with Gasteiger partial charge in [-0.2, -0.15) is 0 Å². The highest BCUT2D eigenvalue weighted by molar-refractivity contribution is 5.91. The van der Waals surface area contributed by atoms with Crippen LogP contribution in [0.1, 0.15) is 111 Å². The van der Waals surface area contributed by atoms with E-state index in [-0.39, 0.29) is 0 Å². The molecule has 2 heteroatoms. The second kappa shape index (κ2) is 19.5. The zero-order valence-corrected chi connectivity index (χ0v) is 37.4. The predicted octanol–water partition coefficient (Wildman–Crippen LogP) is 16.4. The third-order valence-corrected chi connectivity index (χ3v) is 12.6. The fourth-order valence-electron chi connectivity index (χ4n) is 9.02. The molecule has 0 radical (unpaired) electrons. The van der Waals surface area contributed by atoms with Gasteiger partial charge in [-0.25, -0.2) is 0 Å². The lowest BCUT2D eigenvalue weighted by Crippen LogP contribution is -2.11. The quantitative estimate of drug-likeness (QED) is 0.0900. The lowest BCUT2D eigenvalue weighted by Gasteiger charge is -2.28. The van der Waals surface area contributed by atoms with Crippen molar-refractivity contribution < 1.29 is 0 Å². The molecule has 0 aliphatic rings. The fraction of sp³-hybridized carbons (Fsp3) is 0.276. The highest BCUT2D eigenvalue weighted by atomic mass is 15.1. The Hall–Kier alpha value is -5.86. The van der Waals surface area contributed by atoms with Crippen molar-refractivity contribution in [3.63, 3.8) is 0 Å². The molecule has 7 aromatic rings. The molecule has 0 N–H and O–H groups in total. The topological polar surface area (TPSA) is 6.48 Å². The number of aryl methyl sites for hydroxylation is 8. The van der Waals surface area contributed by atoms with E-state index >= 15 is 0 Å². The lowest BCUT2D eigenvalue weighted by atomic mass is 9.99. The maximum absolute atomic E-state index is 2.45. The smallest absolute Gasteiger partial charge is 0.0468 e. The van der Waals surface area contributed by atoms with Gasteiger partial charge in [0.25, 0.3) is 0 Å². The summed E-state index contributed by atoms with van der Waals surface area (Å²) in [6.07, 6.45) is 12.8. The van der Waals surface area contributed by atoms with Crippen LogP contribution in [0.4, 0.5) is 34.1 Å². The molecule has 0 aliphatic carbocycles. The van der Waals surface area contributed by atoms with Crippen LogP contribution in [0.3, 0.4) is 0 Å². The maximum atomic E-state index is 2.45. The van der Waals surface area contributed by atoms with Gasteiger partial charge in [0.2, 0.25) is 0 Å². The molecule has 0 heterocycles. The first-order valence-corrected chi connectivity index (χ1v) is 22.7. The van der Waals surface area contributed by atoms with E-state index in [0.717, 1.165) is 51.4 Å². The molecule has 0 saturated carbocycles. The first-order chi connectivity index (χ1) is 29.3. The molecule has 7 rings (SSSR count). The number of hydrogen-bond donors (Lipinski definition) is 0. The summed E-state index contributed by atoms with van der Waals surface area (Å²) < 4.78 is 0. The molecule has 0 spiro atoms. The molecule has 306 valence electrons. The highest BCUT2D eigenvalue weighted by Gasteiger charge is 2.18. The van der Waals surface area contributed by atoms with Crippen LogP contribution in [0, 0.1) is 0 Å². The summed E-state index contributed by atoms with van der Waals surface area (Å²) in [5.74, 6) is 0. The molecule has 0 amide bonds. The standard InChI is InChI=1S/C58H64N2/c1-9-43-23-30-54(36-47(43)13-5)59(55-31-24-44(10-2)48(14-6)37-55)53-28-20-41(21-29-53)17-18-42-19-22-52-40-58(34-27-51(52)35-42)60(56-32-25-45(11-3)49(15-7)38-56)57-33-26-46(12-4)50(16-8)39-57/h17-40H,9-16H2,1-8H3/b18-17+. The Morgan fingerprint density at radius 2 is 0.550 bits per heavy atom. The minimum absolute atomic E-state index is 1.02. The normalized spacial score (nSPS) is 11.5. The van der Waals surface area contributed by atoms with Crippen molar-refractivity contribution >= 4 is 57.0 Å². The first kappa shape index (κ1) is 42.3.